The molecule has 152 valence electrons. The normalized spacial score (nSPS) is 19.6. The molecule has 7 heteroatoms. The summed E-state index contributed by atoms with van der Waals surface area (Å²) < 4.78 is 5.24. The maximum atomic E-state index is 13.0. The highest BCUT2D eigenvalue weighted by Crippen LogP contribution is 2.30. The maximum absolute atomic E-state index is 13.0. The van der Waals surface area contributed by atoms with Crippen LogP contribution in [0.1, 0.15) is 6.42 Å². The summed E-state index contributed by atoms with van der Waals surface area (Å²) in [5.74, 6) is 0.600. The summed E-state index contributed by atoms with van der Waals surface area (Å²) in [6.45, 7) is 2.87. The van der Waals surface area contributed by atoms with Crippen molar-refractivity contribution >= 4 is 23.2 Å². The SMILES string of the molecule is COc1cccc(N2CC(C(=O)N3CCN(c4ccccc4O)CC3)CC2=O)c1. The number of nitrogens with zero attached hydrogens (tertiary/aromatic N) is 3. The lowest BCUT2D eigenvalue weighted by Crippen LogP contribution is -2.50. The van der Waals surface area contributed by atoms with Gasteiger partial charge in [0.1, 0.15) is 11.5 Å². The van der Waals surface area contributed by atoms with Crippen molar-refractivity contribution in [1.29, 1.82) is 0 Å². The van der Waals surface area contributed by atoms with Crippen molar-refractivity contribution < 1.29 is 19.4 Å². The molecule has 0 radical (unpaired) electrons. The van der Waals surface area contributed by atoms with E-state index in [9.17, 15) is 14.7 Å². The van der Waals surface area contributed by atoms with Gasteiger partial charge in [-0.15, -0.1) is 0 Å². The summed E-state index contributed by atoms with van der Waals surface area (Å²) >= 11 is 0. The molecule has 4 rings (SSSR count). The van der Waals surface area contributed by atoms with Gasteiger partial charge in [-0.05, 0) is 24.3 Å². The van der Waals surface area contributed by atoms with Gasteiger partial charge < -0.3 is 24.5 Å². The number of methoxy groups -OCH3 is 1. The van der Waals surface area contributed by atoms with Crippen LogP contribution in [0.15, 0.2) is 48.5 Å². The second kappa shape index (κ2) is 8.03. The molecule has 2 aromatic carbocycles. The number of hydrogen-bond donors (Lipinski definition) is 1. The van der Waals surface area contributed by atoms with Crippen molar-refractivity contribution in [1.82, 2.24) is 4.90 Å². The van der Waals surface area contributed by atoms with E-state index in [1.165, 1.54) is 0 Å². The molecule has 1 atom stereocenters. The molecule has 0 bridgehead atoms. The van der Waals surface area contributed by atoms with Crippen molar-refractivity contribution in [2.24, 2.45) is 5.92 Å². The third kappa shape index (κ3) is 3.85. The number of hydrogen-bond acceptors (Lipinski definition) is 5. The first-order valence-electron chi connectivity index (χ1n) is 9.83. The van der Waals surface area contributed by atoms with Crippen LogP contribution in [-0.2, 0) is 9.59 Å². The van der Waals surface area contributed by atoms with Crippen molar-refractivity contribution in [3.8, 4) is 11.5 Å². The molecule has 1 unspecified atom stereocenters. The molecular formula is C22H25N3O4. The van der Waals surface area contributed by atoms with Gasteiger partial charge in [-0.25, -0.2) is 0 Å². The molecule has 2 amide bonds. The van der Waals surface area contributed by atoms with Crippen LogP contribution >= 0.6 is 0 Å². The lowest BCUT2D eigenvalue weighted by atomic mass is 10.1. The molecule has 0 aromatic heterocycles. The number of anilines is 2. The number of benzene rings is 2. The molecule has 2 aromatic rings. The van der Waals surface area contributed by atoms with E-state index < -0.39 is 0 Å². The van der Waals surface area contributed by atoms with Gasteiger partial charge in [0, 0.05) is 50.9 Å². The Kier molecular flexibility index (Phi) is 5.29. The molecule has 0 saturated carbocycles. The minimum Gasteiger partial charge on any atom is -0.506 e. The zero-order chi connectivity index (χ0) is 20.4. The lowest BCUT2D eigenvalue weighted by Gasteiger charge is -2.37. The average molecular weight is 395 g/mol. The predicted octanol–water partition coefficient (Wildman–Crippen LogP) is 2.10. The standard InChI is InChI=1S/C22H25N3O4/c1-29-18-6-4-5-17(14-18)25-15-16(13-21(25)27)22(28)24-11-9-23(10-12-24)19-7-2-3-8-20(19)26/h2-8,14,16,26H,9-13,15H2,1H3. The highest BCUT2D eigenvalue weighted by molar-refractivity contribution is 6.00. The van der Waals surface area contributed by atoms with Crippen LogP contribution in [0.25, 0.3) is 0 Å². The fraction of sp³-hybridized carbons (Fsp3) is 0.364. The Hall–Kier alpha value is -3.22. The summed E-state index contributed by atoms with van der Waals surface area (Å²) in [7, 11) is 1.59. The van der Waals surface area contributed by atoms with Gasteiger partial charge in [0.25, 0.3) is 0 Å². The summed E-state index contributed by atoms with van der Waals surface area (Å²) in [5, 5.41) is 10.0. The Morgan fingerprint density at radius 3 is 2.55 bits per heavy atom. The quantitative estimate of drug-likeness (QED) is 0.858. The van der Waals surface area contributed by atoms with Crippen molar-refractivity contribution in [3.63, 3.8) is 0 Å². The van der Waals surface area contributed by atoms with Crippen molar-refractivity contribution in [3.05, 3.63) is 48.5 Å². The number of amides is 2. The van der Waals surface area contributed by atoms with Gasteiger partial charge in [0.2, 0.25) is 11.8 Å². The van der Waals surface area contributed by atoms with E-state index >= 15 is 0 Å². The minimum atomic E-state index is -0.328. The summed E-state index contributed by atoms with van der Waals surface area (Å²) in [6.07, 6.45) is 0.232. The number of carbonyl (C=O) groups excluding carboxylic acids is 2. The molecule has 2 aliphatic rings. The zero-order valence-electron chi connectivity index (χ0n) is 16.5. The molecule has 7 nitrogen and oxygen atoms in total. The van der Waals surface area contributed by atoms with E-state index in [2.05, 4.69) is 4.90 Å². The molecule has 1 N–H and O–H groups in total. The summed E-state index contributed by atoms with van der Waals surface area (Å²) in [4.78, 5) is 31.1. The summed E-state index contributed by atoms with van der Waals surface area (Å²) in [6, 6.07) is 14.6. The lowest BCUT2D eigenvalue weighted by molar-refractivity contribution is -0.136. The van der Waals surface area contributed by atoms with E-state index in [-0.39, 0.29) is 29.9 Å². The molecule has 29 heavy (non-hydrogen) atoms. The van der Waals surface area contributed by atoms with E-state index in [4.69, 9.17) is 4.74 Å². The molecule has 0 spiro atoms. The third-order valence-electron chi connectivity index (χ3n) is 5.65. The van der Waals surface area contributed by atoms with Crippen molar-refractivity contribution in [2.45, 2.75) is 6.42 Å². The Bertz CT molecular complexity index is 908. The van der Waals surface area contributed by atoms with Crippen LogP contribution in [0.4, 0.5) is 11.4 Å². The number of phenols is 1. The maximum Gasteiger partial charge on any atom is 0.228 e. The van der Waals surface area contributed by atoms with Crippen LogP contribution in [0.3, 0.4) is 0 Å². The number of aromatic hydroxyl groups is 1. The van der Waals surface area contributed by atoms with Crippen LogP contribution in [0.5, 0.6) is 11.5 Å². The van der Waals surface area contributed by atoms with Gasteiger partial charge >= 0.3 is 0 Å². The zero-order valence-corrected chi connectivity index (χ0v) is 16.5. The van der Waals surface area contributed by atoms with Gasteiger partial charge in [-0.1, -0.05) is 18.2 Å². The Balaban J connectivity index is 1.38. The topological polar surface area (TPSA) is 73.3 Å². The van der Waals surface area contributed by atoms with E-state index in [0.29, 0.717) is 38.5 Å². The number of para-hydroxylation sites is 2. The molecule has 2 fully saturated rings. The molecule has 2 heterocycles. The van der Waals surface area contributed by atoms with Crippen LogP contribution in [-0.4, -0.2) is 61.7 Å². The van der Waals surface area contributed by atoms with Crippen LogP contribution in [0.2, 0.25) is 0 Å². The Morgan fingerprint density at radius 2 is 1.83 bits per heavy atom. The fourth-order valence-corrected chi connectivity index (χ4v) is 4.06. The van der Waals surface area contributed by atoms with Gasteiger partial charge in [-0.2, -0.15) is 0 Å². The number of piperazine rings is 1. The van der Waals surface area contributed by atoms with E-state index in [1.54, 1.807) is 24.1 Å². The number of phenolic OH excluding ortho intramolecular Hbond substituents is 1. The number of ether oxygens (including phenoxy) is 1. The largest absolute Gasteiger partial charge is 0.506 e. The molecule has 2 aliphatic heterocycles. The summed E-state index contributed by atoms with van der Waals surface area (Å²) in [5.41, 5.74) is 1.55. The van der Waals surface area contributed by atoms with Crippen LogP contribution < -0.4 is 14.5 Å². The van der Waals surface area contributed by atoms with Crippen LogP contribution in [0, 0.1) is 5.92 Å². The highest BCUT2D eigenvalue weighted by atomic mass is 16.5. The van der Waals surface area contributed by atoms with Gasteiger partial charge in [-0.3, -0.25) is 9.59 Å². The molecule has 0 aliphatic carbocycles. The molecule has 2 saturated heterocycles. The van der Waals surface area contributed by atoms with Gasteiger partial charge in [0.15, 0.2) is 0 Å². The Labute approximate surface area is 170 Å². The first-order chi connectivity index (χ1) is 14.1. The first-order valence-corrected chi connectivity index (χ1v) is 9.83. The smallest absolute Gasteiger partial charge is 0.228 e. The van der Waals surface area contributed by atoms with E-state index in [1.807, 2.05) is 41.3 Å². The Morgan fingerprint density at radius 1 is 1.07 bits per heavy atom. The highest BCUT2D eigenvalue weighted by Gasteiger charge is 2.38. The molecular weight excluding hydrogens is 370 g/mol. The van der Waals surface area contributed by atoms with Gasteiger partial charge in [0.05, 0.1) is 18.7 Å². The first kappa shape index (κ1) is 19.1. The van der Waals surface area contributed by atoms with E-state index in [0.717, 1.165) is 11.4 Å². The fourth-order valence-electron chi connectivity index (χ4n) is 4.06. The third-order valence-corrected chi connectivity index (χ3v) is 5.65. The predicted molar refractivity (Wildman–Crippen MR) is 110 cm³/mol. The minimum absolute atomic E-state index is 0.0284. The second-order valence-electron chi connectivity index (χ2n) is 7.41. The monoisotopic (exact) mass is 395 g/mol. The van der Waals surface area contributed by atoms with Crippen molar-refractivity contribution in [2.75, 3.05) is 49.6 Å². The second-order valence-corrected chi connectivity index (χ2v) is 7.41. The number of carbonyl (C=O) groups is 2. The number of rotatable bonds is 4. The average Bonchev–Trinajstić information content (AvgIpc) is 3.15.